The molecule has 0 bridgehead atoms. The van der Waals surface area contributed by atoms with E-state index in [1.54, 1.807) is 0 Å². The van der Waals surface area contributed by atoms with Crippen LogP contribution >= 0.6 is 12.2 Å². The molecule has 2 rings (SSSR count). The molecular weight excluding hydrogens is 242 g/mol. The predicted molar refractivity (Wildman–Crippen MR) is 79.4 cm³/mol. The lowest BCUT2D eigenvalue weighted by Gasteiger charge is -2.21. The van der Waals surface area contributed by atoms with Crippen LogP contribution in [0.25, 0.3) is 0 Å². The van der Waals surface area contributed by atoms with Crippen molar-refractivity contribution in [1.82, 2.24) is 4.98 Å². The summed E-state index contributed by atoms with van der Waals surface area (Å²) in [5.74, 6) is 0.865. The van der Waals surface area contributed by atoms with E-state index >= 15 is 0 Å². The lowest BCUT2D eigenvalue weighted by Crippen LogP contribution is -2.18. The van der Waals surface area contributed by atoms with Crippen LogP contribution in [-0.2, 0) is 0 Å². The molecule has 0 fully saturated rings. The average Bonchev–Trinajstić information content (AvgIpc) is 2.39. The first-order chi connectivity index (χ1) is 8.59. The quantitative estimate of drug-likeness (QED) is 0.859. The van der Waals surface area contributed by atoms with Crippen molar-refractivity contribution < 1.29 is 0 Å². The van der Waals surface area contributed by atoms with Gasteiger partial charge in [0.05, 0.1) is 5.69 Å². The summed E-state index contributed by atoms with van der Waals surface area (Å²) in [7, 11) is 1.95. The molecule has 0 aliphatic carbocycles. The Hall–Kier alpha value is -1.94. The van der Waals surface area contributed by atoms with Crippen molar-refractivity contribution in [2.75, 3.05) is 11.9 Å². The topological polar surface area (TPSA) is 42.1 Å². The van der Waals surface area contributed by atoms with Gasteiger partial charge in [-0.15, -0.1) is 0 Å². The molecule has 18 heavy (non-hydrogen) atoms. The van der Waals surface area contributed by atoms with Gasteiger partial charge in [0.1, 0.15) is 10.8 Å². The van der Waals surface area contributed by atoms with Crippen molar-refractivity contribution >= 4 is 28.7 Å². The van der Waals surface area contributed by atoms with E-state index in [0.717, 1.165) is 22.6 Å². The van der Waals surface area contributed by atoms with Gasteiger partial charge in [-0.1, -0.05) is 30.4 Å². The number of benzene rings is 1. The van der Waals surface area contributed by atoms with Crippen LogP contribution < -0.4 is 10.6 Å². The Balaban J connectivity index is 2.42. The maximum absolute atomic E-state index is 5.74. The van der Waals surface area contributed by atoms with Gasteiger partial charge in [-0.05, 0) is 30.7 Å². The van der Waals surface area contributed by atoms with Gasteiger partial charge >= 0.3 is 0 Å². The van der Waals surface area contributed by atoms with Gasteiger partial charge in [-0.2, -0.15) is 0 Å². The highest BCUT2D eigenvalue weighted by molar-refractivity contribution is 7.80. The van der Waals surface area contributed by atoms with Crippen molar-refractivity contribution in [2.24, 2.45) is 5.73 Å². The number of aromatic nitrogens is 1. The summed E-state index contributed by atoms with van der Waals surface area (Å²) in [5.41, 5.74) is 8.69. The molecule has 92 valence electrons. The van der Waals surface area contributed by atoms with Crippen molar-refractivity contribution in [1.29, 1.82) is 0 Å². The van der Waals surface area contributed by atoms with Crippen LogP contribution in [0.5, 0.6) is 0 Å². The fourth-order valence-corrected chi connectivity index (χ4v) is 1.93. The standard InChI is InChI=1S/C14H15N3S/c1-10-7-8-13(16-9-10)17(2)12-6-4-3-5-11(12)14(15)18/h3-9H,1-2H3,(H2,15,18). The zero-order valence-corrected chi connectivity index (χ0v) is 11.2. The summed E-state index contributed by atoms with van der Waals surface area (Å²) >= 11 is 5.07. The summed E-state index contributed by atoms with van der Waals surface area (Å²) in [6.07, 6.45) is 1.84. The maximum atomic E-state index is 5.74. The number of hydrogen-bond donors (Lipinski definition) is 1. The molecule has 3 nitrogen and oxygen atoms in total. The molecule has 4 heteroatoms. The number of rotatable bonds is 3. The van der Waals surface area contributed by atoms with Crippen LogP contribution in [-0.4, -0.2) is 17.0 Å². The van der Waals surface area contributed by atoms with E-state index in [9.17, 15) is 0 Å². The smallest absolute Gasteiger partial charge is 0.132 e. The Labute approximate surface area is 112 Å². The number of thiocarbonyl (C=S) groups is 1. The molecule has 2 aromatic rings. The van der Waals surface area contributed by atoms with Gasteiger partial charge in [0, 0.05) is 18.8 Å². The minimum absolute atomic E-state index is 0.393. The molecule has 0 amide bonds. The van der Waals surface area contributed by atoms with Crippen molar-refractivity contribution in [3.05, 3.63) is 53.7 Å². The first-order valence-corrected chi connectivity index (χ1v) is 6.05. The van der Waals surface area contributed by atoms with E-state index in [1.165, 1.54) is 0 Å². The van der Waals surface area contributed by atoms with Crippen LogP contribution in [0, 0.1) is 6.92 Å². The number of pyridine rings is 1. The van der Waals surface area contributed by atoms with E-state index in [4.69, 9.17) is 18.0 Å². The van der Waals surface area contributed by atoms with Gasteiger partial charge in [0.2, 0.25) is 0 Å². The Kier molecular flexibility index (Phi) is 3.58. The first kappa shape index (κ1) is 12.5. The third kappa shape index (κ3) is 2.49. The fraction of sp³-hybridized carbons (Fsp3) is 0.143. The lowest BCUT2D eigenvalue weighted by atomic mass is 10.1. The van der Waals surface area contributed by atoms with Crippen LogP contribution in [0.2, 0.25) is 0 Å². The van der Waals surface area contributed by atoms with E-state index < -0.39 is 0 Å². The Morgan fingerprint density at radius 2 is 1.94 bits per heavy atom. The Bertz CT molecular complexity index is 564. The SMILES string of the molecule is Cc1ccc(N(C)c2ccccc2C(N)=S)nc1. The highest BCUT2D eigenvalue weighted by Gasteiger charge is 2.11. The van der Waals surface area contributed by atoms with E-state index in [-0.39, 0.29) is 0 Å². The molecule has 0 unspecified atom stereocenters. The molecule has 0 atom stereocenters. The number of nitrogens with two attached hydrogens (primary N) is 1. The third-order valence-corrected chi connectivity index (χ3v) is 2.99. The molecule has 0 radical (unpaired) electrons. The number of para-hydroxylation sites is 1. The minimum atomic E-state index is 0.393. The molecule has 0 saturated heterocycles. The van der Waals surface area contributed by atoms with E-state index in [0.29, 0.717) is 4.99 Å². The summed E-state index contributed by atoms with van der Waals surface area (Å²) in [5, 5.41) is 0. The molecule has 0 aliphatic heterocycles. The Morgan fingerprint density at radius 1 is 1.22 bits per heavy atom. The van der Waals surface area contributed by atoms with Gasteiger partial charge in [-0.3, -0.25) is 0 Å². The second-order valence-corrected chi connectivity index (χ2v) is 4.57. The van der Waals surface area contributed by atoms with Crippen molar-refractivity contribution in [3.63, 3.8) is 0 Å². The summed E-state index contributed by atoms with van der Waals surface area (Å²) in [6, 6.07) is 11.8. The number of hydrogen-bond acceptors (Lipinski definition) is 3. The second kappa shape index (κ2) is 5.14. The monoisotopic (exact) mass is 257 g/mol. The largest absolute Gasteiger partial charge is 0.389 e. The number of anilines is 2. The molecule has 0 spiro atoms. The van der Waals surface area contributed by atoms with Gasteiger partial charge in [0.15, 0.2) is 0 Å². The van der Waals surface area contributed by atoms with Crippen LogP contribution in [0.1, 0.15) is 11.1 Å². The zero-order chi connectivity index (χ0) is 13.1. The second-order valence-electron chi connectivity index (χ2n) is 4.13. The highest BCUT2D eigenvalue weighted by atomic mass is 32.1. The van der Waals surface area contributed by atoms with Gasteiger partial charge in [0.25, 0.3) is 0 Å². The molecule has 0 aliphatic rings. The molecule has 1 aromatic heterocycles. The first-order valence-electron chi connectivity index (χ1n) is 5.65. The lowest BCUT2D eigenvalue weighted by molar-refractivity contribution is 1.11. The predicted octanol–water partition coefficient (Wildman–Crippen LogP) is 2.79. The number of aryl methyl sites for hydroxylation is 1. The van der Waals surface area contributed by atoms with E-state index in [2.05, 4.69) is 4.98 Å². The van der Waals surface area contributed by atoms with Gasteiger partial charge in [-0.25, -0.2) is 4.98 Å². The molecule has 2 N–H and O–H groups in total. The van der Waals surface area contributed by atoms with E-state index in [1.807, 2.05) is 61.5 Å². The highest BCUT2D eigenvalue weighted by Crippen LogP contribution is 2.25. The van der Waals surface area contributed by atoms with Crippen molar-refractivity contribution in [2.45, 2.75) is 6.92 Å². The average molecular weight is 257 g/mol. The fourth-order valence-electron chi connectivity index (χ4n) is 1.76. The summed E-state index contributed by atoms with van der Waals surface area (Å²) in [6.45, 7) is 2.01. The van der Waals surface area contributed by atoms with Crippen LogP contribution in [0.15, 0.2) is 42.6 Å². The molecule has 1 heterocycles. The van der Waals surface area contributed by atoms with Crippen LogP contribution in [0.3, 0.4) is 0 Å². The zero-order valence-electron chi connectivity index (χ0n) is 10.4. The molecular formula is C14H15N3S. The Morgan fingerprint density at radius 3 is 2.56 bits per heavy atom. The molecule has 0 saturated carbocycles. The normalized spacial score (nSPS) is 10.1. The van der Waals surface area contributed by atoms with Gasteiger partial charge < -0.3 is 10.6 Å². The summed E-state index contributed by atoms with van der Waals surface area (Å²) in [4.78, 5) is 6.77. The molecule has 1 aromatic carbocycles. The number of nitrogens with zero attached hydrogens (tertiary/aromatic N) is 2. The van der Waals surface area contributed by atoms with Crippen molar-refractivity contribution in [3.8, 4) is 0 Å². The third-order valence-electron chi connectivity index (χ3n) is 2.77. The van der Waals surface area contributed by atoms with Crippen LogP contribution in [0.4, 0.5) is 11.5 Å². The maximum Gasteiger partial charge on any atom is 0.132 e. The summed E-state index contributed by atoms with van der Waals surface area (Å²) < 4.78 is 0. The minimum Gasteiger partial charge on any atom is -0.389 e.